The third-order valence-corrected chi connectivity index (χ3v) is 5.11. The lowest BCUT2D eigenvalue weighted by molar-refractivity contribution is -0.336. The number of hydrogen-bond donors (Lipinski definition) is 2. The Morgan fingerprint density at radius 3 is 2.71 bits per heavy atom. The van der Waals surface area contributed by atoms with Gasteiger partial charge in [-0.15, -0.1) is 8.78 Å². The summed E-state index contributed by atoms with van der Waals surface area (Å²) in [6.07, 6.45) is -0.597. The van der Waals surface area contributed by atoms with Crippen LogP contribution in [-0.4, -0.2) is 42.1 Å². The van der Waals surface area contributed by atoms with E-state index in [1.165, 1.54) is 29.3 Å². The van der Waals surface area contributed by atoms with Gasteiger partial charge in [-0.25, -0.2) is 4.39 Å². The van der Waals surface area contributed by atoms with Crippen molar-refractivity contribution in [2.24, 2.45) is 0 Å². The Balaban J connectivity index is 1.48. The summed E-state index contributed by atoms with van der Waals surface area (Å²) in [7, 11) is 3.24. The van der Waals surface area contributed by atoms with Gasteiger partial charge in [0.25, 0.3) is 11.8 Å². The Morgan fingerprint density at radius 1 is 1.15 bits per heavy atom. The molecule has 0 fully saturated rings. The standard InChI is InChI=1S/C23H21F3N4O4/c1-30(2)22(32)18-9-13(7-8-27-18)12-28-17-5-3-14(24)10-16(17)21(31)29-15-4-6-19-20(11-15)34-23(25,26)33-19/h3,5,7-11,28H,4,6,12H2,1-2H3,(H,29,31). The van der Waals surface area contributed by atoms with Crippen molar-refractivity contribution in [3.8, 4) is 0 Å². The van der Waals surface area contributed by atoms with Gasteiger partial charge in [-0.1, -0.05) is 0 Å². The van der Waals surface area contributed by atoms with Crippen LogP contribution in [0, 0.1) is 5.82 Å². The molecule has 1 aliphatic carbocycles. The number of carbonyl (C=O) groups excluding carboxylic acids is 2. The average Bonchev–Trinajstić information content (AvgIpc) is 3.10. The molecule has 2 amide bonds. The quantitative estimate of drug-likeness (QED) is 0.663. The smallest absolute Gasteiger partial charge is 0.400 e. The highest BCUT2D eigenvalue weighted by Crippen LogP contribution is 2.39. The van der Waals surface area contributed by atoms with Gasteiger partial charge in [-0.2, -0.15) is 0 Å². The van der Waals surface area contributed by atoms with E-state index in [-0.39, 0.29) is 48.1 Å². The zero-order valence-electron chi connectivity index (χ0n) is 18.3. The molecule has 11 heteroatoms. The van der Waals surface area contributed by atoms with E-state index in [1.807, 2.05) is 0 Å². The first-order valence-corrected chi connectivity index (χ1v) is 10.3. The van der Waals surface area contributed by atoms with Crippen molar-refractivity contribution in [3.05, 3.63) is 82.5 Å². The second kappa shape index (κ2) is 9.08. The van der Waals surface area contributed by atoms with Crippen LogP contribution < -0.4 is 10.6 Å². The minimum Gasteiger partial charge on any atom is -0.400 e. The van der Waals surface area contributed by atoms with E-state index in [1.54, 1.807) is 26.2 Å². The van der Waals surface area contributed by atoms with Crippen molar-refractivity contribution in [3.63, 3.8) is 0 Å². The molecule has 1 aromatic carbocycles. The van der Waals surface area contributed by atoms with E-state index in [0.29, 0.717) is 11.4 Å². The fraction of sp³-hybridized carbons (Fsp3) is 0.261. The molecule has 0 spiro atoms. The number of ether oxygens (including phenoxy) is 2. The molecule has 0 atom stereocenters. The Bertz CT molecular complexity index is 1210. The van der Waals surface area contributed by atoms with Crippen molar-refractivity contribution in [1.82, 2.24) is 15.2 Å². The third-order valence-electron chi connectivity index (χ3n) is 5.11. The zero-order chi connectivity index (χ0) is 24.5. The maximum atomic E-state index is 13.9. The van der Waals surface area contributed by atoms with Gasteiger partial charge in [0.05, 0.1) is 5.56 Å². The summed E-state index contributed by atoms with van der Waals surface area (Å²) < 4.78 is 49.3. The number of halogens is 3. The summed E-state index contributed by atoms with van der Waals surface area (Å²) >= 11 is 0. The number of aromatic nitrogens is 1. The molecule has 0 saturated heterocycles. The highest BCUT2D eigenvalue weighted by Gasteiger charge is 2.45. The highest BCUT2D eigenvalue weighted by atomic mass is 19.3. The topological polar surface area (TPSA) is 92.8 Å². The van der Waals surface area contributed by atoms with Crippen LogP contribution in [0.1, 0.15) is 39.3 Å². The van der Waals surface area contributed by atoms with Gasteiger partial charge >= 0.3 is 6.29 Å². The first kappa shape index (κ1) is 23.1. The van der Waals surface area contributed by atoms with Crippen molar-refractivity contribution < 1.29 is 32.2 Å². The Kier molecular flexibility index (Phi) is 6.18. The highest BCUT2D eigenvalue weighted by molar-refractivity contribution is 6.00. The predicted molar refractivity (Wildman–Crippen MR) is 115 cm³/mol. The van der Waals surface area contributed by atoms with Gasteiger partial charge < -0.3 is 25.0 Å². The van der Waals surface area contributed by atoms with Crippen molar-refractivity contribution >= 4 is 17.5 Å². The molecule has 2 heterocycles. The van der Waals surface area contributed by atoms with E-state index >= 15 is 0 Å². The summed E-state index contributed by atoms with van der Waals surface area (Å²) in [5.41, 5.74) is 1.70. The predicted octanol–water partition coefficient (Wildman–Crippen LogP) is 3.75. The molecule has 2 aromatic rings. The lowest BCUT2D eigenvalue weighted by Crippen LogP contribution is -2.25. The SMILES string of the molecule is CN(C)C(=O)c1cc(CNc2ccc(F)cc2C(=O)NC2=CC3=C(CC2)OC(F)(F)O3)ccn1. The number of nitrogens with one attached hydrogen (secondary N) is 2. The maximum Gasteiger partial charge on any atom is 0.585 e. The molecular formula is C23H21F3N4O4. The summed E-state index contributed by atoms with van der Waals surface area (Å²) in [6, 6.07) is 7.02. The van der Waals surface area contributed by atoms with Crippen LogP contribution in [0.15, 0.2) is 59.8 Å². The Hall–Kier alpha value is -4.02. The molecule has 0 saturated carbocycles. The van der Waals surface area contributed by atoms with Crippen LogP contribution in [0.3, 0.4) is 0 Å². The zero-order valence-corrected chi connectivity index (χ0v) is 18.3. The number of amides is 2. The minimum absolute atomic E-state index is 0.0144. The van der Waals surface area contributed by atoms with Crippen LogP contribution in [0.2, 0.25) is 0 Å². The number of nitrogens with zero attached hydrogens (tertiary/aromatic N) is 2. The molecule has 34 heavy (non-hydrogen) atoms. The number of anilines is 1. The molecule has 2 N–H and O–H groups in total. The van der Waals surface area contributed by atoms with Gasteiger partial charge in [0, 0.05) is 50.7 Å². The number of alkyl halides is 2. The lowest BCUT2D eigenvalue weighted by atomic mass is 10.1. The maximum absolute atomic E-state index is 13.9. The van der Waals surface area contributed by atoms with Crippen LogP contribution in [0.25, 0.3) is 0 Å². The number of hydrogen-bond acceptors (Lipinski definition) is 6. The number of benzene rings is 1. The minimum atomic E-state index is -3.73. The van der Waals surface area contributed by atoms with E-state index in [4.69, 9.17) is 0 Å². The van der Waals surface area contributed by atoms with E-state index < -0.39 is 18.0 Å². The number of carbonyl (C=O) groups is 2. The van der Waals surface area contributed by atoms with Crippen molar-refractivity contribution in [2.45, 2.75) is 25.7 Å². The molecule has 1 aromatic heterocycles. The number of pyridine rings is 1. The van der Waals surface area contributed by atoms with Gasteiger partial charge in [-0.05, 0) is 42.3 Å². The lowest BCUT2D eigenvalue weighted by Gasteiger charge is -2.16. The van der Waals surface area contributed by atoms with Crippen molar-refractivity contribution in [2.75, 3.05) is 19.4 Å². The summed E-state index contributed by atoms with van der Waals surface area (Å²) in [5.74, 6) is -1.63. The molecule has 4 rings (SSSR count). The van der Waals surface area contributed by atoms with Crippen LogP contribution >= 0.6 is 0 Å². The van der Waals surface area contributed by atoms with E-state index in [0.717, 1.165) is 11.6 Å². The van der Waals surface area contributed by atoms with Gasteiger partial charge in [-0.3, -0.25) is 14.6 Å². The van der Waals surface area contributed by atoms with Crippen LogP contribution in [-0.2, 0) is 16.0 Å². The molecule has 1 aliphatic heterocycles. The first-order chi connectivity index (χ1) is 16.1. The summed E-state index contributed by atoms with van der Waals surface area (Å²) in [4.78, 5) is 30.5. The molecule has 0 unspecified atom stereocenters. The fourth-order valence-corrected chi connectivity index (χ4v) is 3.46. The Labute approximate surface area is 193 Å². The third kappa shape index (κ3) is 5.13. The molecule has 8 nitrogen and oxygen atoms in total. The summed E-state index contributed by atoms with van der Waals surface area (Å²) in [5, 5.41) is 5.68. The molecule has 0 bridgehead atoms. The van der Waals surface area contributed by atoms with E-state index in [9.17, 15) is 22.8 Å². The number of allylic oxidation sites excluding steroid dienone is 3. The second-order valence-corrected chi connectivity index (χ2v) is 7.87. The van der Waals surface area contributed by atoms with E-state index in [2.05, 4.69) is 25.1 Å². The molecule has 0 radical (unpaired) electrons. The fourth-order valence-electron chi connectivity index (χ4n) is 3.46. The second-order valence-electron chi connectivity index (χ2n) is 7.87. The average molecular weight is 474 g/mol. The van der Waals surface area contributed by atoms with Gasteiger partial charge in [0.1, 0.15) is 17.3 Å². The molecule has 178 valence electrons. The molecule has 2 aliphatic rings. The van der Waals surface area contributed by atoms with Crippen molar-refractivity contribution in [1.29, 1.82) is 0 Å². The van der Waals surface area contributed by atoms with Gasteiger partial charge in [0.2, 0.25) is 0 Å². The van der Waals surface area contributed by atoms with Gasteiger partial charge in [0.15, 0.2) is 5.76 Å². The van der Waals surface area contributed by atoms with Crippen LogP contribution in [0.4, 0.5) is 18.9 Å². The monoisotopic (exact) mass is 474 g/mol. The Morgan fingerprint density at radius 2 is 1.94 bits per heavy atom. The number of rotatable bonds is 6. The largest absolute Gasteiger partial charge is 0.585 e. The summed E-state index contributed by atoms with van der Waals surface area (Å²) in [6.45, 7) is 0.237. The first-order valence-electron chi connectivity index (χ1n) is 10.3. The van der Waals surface area contributed by atoms with Crippen LogP contribution in [0.5, 0.6) is 0 Å². The normalized spacial score (nSPS) is 16.1. The molecular weight excluding hydrogens is 453 g/mol.